The van der Waals surface area contributed by atoms with Crippen molar-refractivity contribution < 1.29 is 19.0 Å². The first-order chi connectivity index (χ1) is 13.8. The van der Waals surface area contributed by atoms with Crippen LogP contribution in [0, 0.1) is 0 Å². The van der Waals surface area contributed by atoms with Crippen molar-refractivity contribution in [3.05, 3.63) is 57.1 Å². The zero-order chi connectivity index (χ0) is 20.6. The fraction of sp³-hybridized carbons (Fsp3) is 0.500. The third-order valence-corrected chi connectivity index (χ3v) is 4.91. The summed E-state index contributed by atoms with van der Waals surface area (Å²) in [5, 5.41) is 10.1. The van der Waals surface area contributed by atoms with Gasteiger partial charge in [0.25, 0.3) is 11.5 Å². The van der Waals surface area contributed by atoms with E-state index in [9.17, 15) is 14.4 Å². The van der Waals surface area contributed by atoms with Gasteiger partial charge in [0.2, 0.25) is 0 Å². The second-order valence-electron chi connectivity index (χ2n) is 7.36. The number of hydrogen-bond donors (Lipinski definition) is 2. The molecule has 2 N–H and O–H groups in total. The van der Waals surface area contributed by atoms with Gasteiger partial charge in [0, 0.05) is 18.8 Å². The number of rotatable bonds is 4. The third-order valence-electron chi connectivity index (χ3n) is 4.91. The molecular formula is C18H21N5O6. The van der Waals surface area contributed by atoms with Crippen LogP contribution >= 0.6 is 0 Å². The van der Waals surface area contributed by atoms with Crippen molar-refractivity contribution in [2.24, 2.45) is 0 Å². The van der Waals surface area contributed by atoms with Crippen LogP contribution in [-0.2, 0) is 14.2 Å². The van der Waals surface area contributed by atoms with Crippen molar-refractivity contribution in [1.29, 1.82) is 0 Å². The number of nitrogens with zero attached hydrogens (tertiary/aromatic N) is 3. The van der Waals surface area contributed by atoms with Gasteiger partial charge in [0.15, 0.2) is 5.79 Å². The molecular weight excluding hydrogens is 382 g/mol. The van der Waals surface area contributed by atoms with Crippen molar-refractivity contribution in [2.45, 2.75) is 44.0 Å². The number of H-pyrrole nitrogens is 1. The van der Waals surface area contributed by atoms with Gasteiger partial charge in [-0.15, -0.1) is 0 Å². The van der Waals surface area contributed by atoms with E-state index in [1.807, 2.05) is 0 Å². The van der Waals surface area contributed by atoms with E-state index in [1.165, 1.54) is 29.2 Å². The van der Waals surface area contributed by atoms with E-state index in [1.54, 1.807) is 19.9 Å². The second kappa shape index (κ2) is 7.50. The first kappa shape index (κ1) is 19.4. The molecule has 2 aromatic heterocycles. The number of carbonyl (C=O) groups excluding carboxylic acids is 1. The van der Waals surface area contributed by atoms with Crippen molar-refractivity contribution in [2.75, 3.05) is 13.2 Å². The Bertz CT molecular complexity index is 1000. The Morgan fingerprint density at radius 3 is 2.79 bits per heavy atom. The monoisotopic (exact) mass is 403 g/mol. The Kier molecular flexibility index (Phi) is 5.03. The number of carbonyl (C=O) groups is 1. The van der Waals surface area contributed by atoms with Crippen LogP contribution in [0.1, 0.15) is 30.2 Å². The van der Waals surface area contributed by atoms with Crippen LogP contribution in [0.5, 0.6) is 0 Å². The zero-order valence-electron chi connectivity index (χ0n) is 15.9. The van der Waals surface area contributed by atoms with Gasteiger partial charge in [-0.25, -0.2) is 4.79 Å². The fourth-order valence-corrected chi connectivity index (χ4v) is 3.64. The lowest BCUT2D eigenvalue weighted by Gasteiger charge is -2.37. The zero-order valence-corrected chi connectivity index (χ0v) is 15.9. The minimum Gasteiger partial charge on any atom is -0.371 e. The molecule has 0 aromatic carbocycles. The Labute approximate surface area is 165 Å². The van der Waals surface area contributed by atoms with E-state index in [4.69, 9.17) is 14.2 Å². The number of aromatic nitrogens is 4. The Morgan fingerprint density at radius 2 is 2.07 bits per heavy atom. The highest BCUT2D eigenvalue weighted by molar-refractivity contribution is 5.93. The highest BCUT2D eigenvalue weighted by atomic mass is 16.8. The van der Waals surface area contributed by atoms with Gasteiger partial charge in [-0.2, -0.15) is 10.2 Å². The summed E-state index contributed by atoms with van der Waals surface area (Å²) in [6, 6.07) is 2.35. The minimum absolute atomic E-state index is 0.157. The van der Waals surface area contributed by atoms with E-state index in [0.717, 1.165) is 0 Å². The minimum atomic E-state index is -0.885. The molecule has 4 rings (SSSR count). The third kappa shape index (κ3) is 3.97. The summed E-state index contributed by atoms with van der Waals surface area (Å²) in [5.41, 5.74) is -0.640. The predicted molar refractivity (Wildman–Crippen MR) is 98.3 cm³/mol. The number of hydrogen-bond acceptors (Lipinski definition) is 8. The maximum absolute atomic E-state index is 12.3. The van der Waals surface area contributed by atoms with Gasteiger partial charge in [-0.3, -0.25) is 19.1 Å². The quantitative estimate of drug-likeness (QED) is 0.678. The second-order valence-corrected chi connectivity index (χ2v) is 7.36. The number of amides is 1. The topological polar surface area (TPSA) is 137 Å². The Hall–Kier alpha value is -2.89. The molecule has 2 saturated heterocycles. The predicted octanol–water partition coefficient (Wildman–Crippen LogP) is -0.783. The number of nitrogens with one attached hydrogen (secondary N) is 2. The Balaban J connectivity index is 1.52. The maximum Gasteiger partial charge on any atom is 0.328 e. The molecule has 0 radical (unpaired) electrons. The smallest absolute Gasteiger partial charge is 0.328 e. The molecule has 154 valence electrons. The molecule has 4 atom stereocenters. The number of fused-ring (bicyclic) bond motifs is 1. The maximum atomic E-state index is 12.3. The molecule has 11 nitrogen and oxygen atoms in total. The molecule has 11 heteroatoms. The van der Waals surface area contributed by atoms with Crippen LogP contribution in [-0.4, -0.2) is 62.9 Å². The average molecular weight is 403 g/mol. The summed E-state index contributed by atoms with van der Waals surface area (Å²) >= 11 is 0. The van der Waals surface area contributed by atoms with Gasteiger partial charge in [-0.1, -0.05) is 0 Å². The summed E-state index contributed by atoms with van der Waals surface area (Å²) in [5.74, 6) is -1.19. The summed E-state index contributed by atoms with van der Waals surface area (Å²) in [4.78, 5) is 38.1. The van der Waals surface area contributed by atoms with E-state index >= 15 is 0 Å². The van der Waals surface area contributed by atoms with Crippen LogP contribution in [0.3, 0.4) is 0 Å². The standard InChI is InChI=1S/C18H21N5O6/c1-18(2)28-14-11(23-6-4-13(24)22-17(23)26)9-27-12(15(14)29-18)8-19-16(25)10-3-5-20-21-7-10/h3-7,11-12,14-15H,8-9H2,1-2H3,(H,19,25)(H,22,24,26)/t11-,12-,14+,15-/m1/s1. The number of ether oxygens (including phenoxy) is 3. The van der Waals surface area contributed by atoms with Gasteiger partial charge in [0.05, 0.1) is 30.6 Å². The molecule has 0 unspecified atom stereocenters. The lowest BCUT2D eigenvalue weighted by molar-refractivity contribution is -0.153. The van der Waals surface area contributed by atoms with E-state index < -0.39 is 41.4 Å². The largest absolute Gasteiger partial charge is 0.371 e. The summed E-state index contributed by atoms with van der Waals surface area (Å²) in [7, 11) is 0. The first-order valence-electron chi connectivity index (χ1n) is 9.18. The van der Waals surface area contributed by atoms with Crippen LogP contribution in [0.2, 0.25) is 0 Å². The lowest BCUT2D eigenvalue weighted by atomic mass is 9.97. The van der Waals surface area contributed by atoms with Crippen LogP contribution in [0.25, 0.3) is 0 Å². The van der Waals surface area contributed by atoms with Gasteiger partial charge in [0.1, 0.15) is 18.3 Å². The molecule has 1 amide bonds. The molecule has 2 aliphatic heterocycles. The lowest BCUT2D eigenvalue weighted by Crippen LogP contribution is -2.54. The highest BCUT2D eigenvalue weighted by Crippen LogP contribution is 2.39. The van der Waals surface area contributed by atoms with Crippen LogP contribution < -0.4 is 16.6 Å². The molecule has 0 saturated carbocycles. The summed E-state index contributed by atoms with van der Waals surface area (Å²) in [6.45, 7) is 3.89. The van der Waals surface area contributed by atoms with E-state index in [-0.39, 0.29) is 19.1 Å². The molecule has 2 fully saturated rings. The molecule has 2 aromatic rings. The highest BCUT2D eigenvalue weighted by Gasteiger charge is 2.52. The molecule has 29 heavy (non-hydrogen) atoms. The molecule has 0 bridgehead atoms. The van der Waals surface area contributed by atoms with Crippen molar-refractivity contribution in [3.63, 3.8) is 0 Å². The SMILES string of the molecule is CC1(C)O[C@@H]2[C@H](O1)[C@@H](CNC(=O)c1ccnnc1)OC[C@H]2n1ccc(=O)[nH]c1=O. The summed E-state index contributed by atoms with van der Waals surface area (Å²) in [6.07, 6.45) is 2.74. The molecule has 0 spiro atoms. The van der Waals surface area contributed by atoms with Crippen LogP contribution in [0.4, 0.5) is 0 Å². The van der Waals surface area contributed by atoms with E-state index in [2.05, 4.69) is 20.5 Å². The summed E-state index contributed by atoms with van der Waals surface area (Å²) < 4.78 is 19.4. The molecule has 4 heterocycles. The van der Waals surface area contributed by atoms with Crippen LogP contribution in [0.15, 0.2) is 40.3 Å². The molecule has 2 aliphatic rings. The van der Waals surface area contributed by atoms with E-state index in [0.29, 0.717) is 5.56 Å². The number of aromatic amines is 1. The Morgan fingerprint density at radius 1 is 1.28 bits per heavy atom. The average Bonchev–Trinajstić information content (AvgIpc) is 3.02. The normalized spacial score (nSPS) is 27.9. The molecule has 0 aliphatic carbocycles. The first-order valence-corrected chi connectivity index (χ1v) is 9.18. The van der Waals surface area contributed by atoms with Crippen molar-refractivity contribution in [1.82, 2.24) is 25.1 Å². The van der Waals surface area contributed by atoms with Gasteiger partial charge < -0.3 is 19.5 Å². The van der Waals surface area contributed by atoms with Crippen molar-refractivity contribution >= 4 is 5.91 Å². The fourth-order valence-electron chi connectivity index (χ4n) is 3.64. The van der Waals surface area contributed by atoms with Crippen molar-refractivity contribution in [3.8, 4) is 0 Å². The van der Waals surface area contributed by atoms with Gasteiger partial charge >= 0.3 is 5.69 Å². The van der Waals surface area contributed by atoms with Gasteiger partial charge in [-0.05, 0) is 19.9 Å².